The van der Waals surface area contributed by atoms with E-state index in [1.54, 1.807) is 0 Å². The summed E-state index contributed by atoms with van der Waals surface area (Å²) in [6.07, 6.45) is 4.18. The molecule has 1 unspecified atom stereocenters. The molecule has 1 heterocycles. The monoisotopic (exact) mass is 391 g/mol. The van der Waals surface area contributed by atoms with Gasteiger partial charge in [-0.15, -0.1) is 0 Å². The van der Waals surface area contributed by atoms with Gasteiger partial charge in [-0.2, -0.15) is 0 Å². The van der Waals surface area contributed by atoms with Gasteiger partial charge in [0.25, 0.3) is 0 Å². The molecule has 0 bridgehead atoms. The number of aromatic nitrogens is 1. The number of aryl methyl sites for hydroxylation is 1. The molecule has 2 N–H and O–H groups in total. The predicted octanol–water partition coefficient (Wildman–Crippen LogP) is 5.55. The summed E-state index contributed by atoms with van der Waals surface area (Å²) in [6, 6.07) is 19.0. The molecule has 3 nitrogen and oxygen atoms in total. The van der Waals surface area contributed by atoms with Crippen molar-refractivity contribution in [2.75, 3.05) is 11.9 Å². The van der Waals surface area contributed by atoms with Crippen LogP contribution in [0, 0.1) is 0 Å². The summed E-state index contributed by atoms with van der Waals surface area (Å²) in [7, 11) is 2.14. The van der Waals surface area contributed by atoms with E-state index in [0.717, 1.165) is 42.0 Å². The summed E-state index contributed by atoms with van der Waals surface area (Å²) in [6.45, 7) is 2.04. The van der Waals surface area contributed by atoms with Gasteiger partial charge >= 0.3 is 0 Å². The minimum atomic E-state index is 0.173. The highest BCUT2D eigenvalue weighted by atomic mass is 35.5. The first-order chi connectivity index (χ1) is 13.5. The third-order valence-corrected chi connectivity index (χ3v) is 5.62. The molecule has 0 spiro atoms. The van der Waals surface area contributed by atoms with Crippen LogP contribution in [0.15, 0.2) is 54.6 Å². The maximum Gasteiger partial charge on any atom is 0.0726 e. The van der Waals surface area contributed by atoms with Gasteiger partial charge in [-0.05, 0) is 74.1 Å². The molecule has 1 aromatic heterocycles. The van der Waals surface area contributed by atoms with Gasteiger partial charge in [0, 0.05) is 40.7 Å². The van der Waals surface area contributed by atoms with E-state index in [4.69, 9.17) is 22.3 Å². The van der Waals surface area contributed by atoms with Crippen molar-refractivity contribution >= 4 is 23.0 Å². The Morgan fingerprint density at radius 1 is 1.11 bits per heavy atom. The van der Waals surface area contributed by atoms with Crippen molar-refractivity contribution in [2.45, 2.75) is 38.6 Å². The van der Waals surface area contributed by atoms with Crippen LogP contribution in [-0.2, 0) is 19.3 Å². The third kappa shape index (κ3) is 3.91. The van der Waals surface area contributed by atoms with E-state index in [0.29, 0.717) is 0 Å². The standard InChI is InChI=1S/C24H26ClN3/c1-16(26)13-17-9-11-20(12-10-17)28(2)24-15-23(18-5-3-6-19(25)14-18)27-22-8-4-7-21(22)24/h3,5-6,9-12,14-16H,4,7-8,13,26H2,1-2H3. The van der Waals surface area contributed by atoms with Gasteiger partial charge in [0.05, 0.1) is 5.69 Å². The Labute approximate surface area is 172 Å². The molecule has 0 amide bonds. The zero-order valence-corrected chi connectivity index (χ0v) is 17.2. The second-order valence-corrected chi connectivity index (χ2v) is 8.16. The average molecular weight is 392 g/mol. The number of anilines is 2. The average Bonchev–Trinajstić information content (AvgIpc) is 3.15. The van der Waals surface area contributed by atoms with Gasteiger partial charge in [0.15, 0.2) is 0 Å². The fraction of sp³-hybridized carbons (Fsp3) is 0.292. The Kier molecular flexibility index (Phi) is 5.38. The molecule has 28 heavy (non-hydrogen) atoms. The second-order valence-electron chi connectivity index (χ2n) is 7.72. The van der Waals surface area contributed by atoms with Crippen LogP contribution in [0.5, 0.6) is 0 Å². The Morgan fingerprint density at radius 2 is 1.89 bits per heavy atom. The first-order valence-electron chi connectivity index (χ1n) is 9.88. The number of hydrogen-bond donors (Lipinski definition) is 1. The van der Waals surface area contributed by atoms with Gasteiger partial charge in [-0.1, -0.05) is 35.9 Å². The number of benzene rings is 2. The summed E-state index contributed by atoms with van der Waals surface area (Å²) < 4.78 is 0. The van der Waals surface area contributed by atoms with Crippen LogP contribution >= 0.6 is 11.6 Å². The summed E-state index contributed by atoms with van der Waals surface area (Å²) in [4.78, 5) is 7.22. The normalized spacial score (nSPS) is 14.0. The van der Waals surface area contributed by atoms with Crippen LogP contribution in [0.1, 0.15) is 30.2 Å². The van der Waals surface area contributed by atoms with Crippen molar-refractivity contribution in [3.8, 4) is 11.3 Å². The van der Waals surface area contributed by atoms with Gasteiger partial charge < -0.3 is 10.6 Å². The number of fused-ring (bicyclic) bond motifs is 1. The molecule has 0 saturated heterocycles. The maximum atomic E-state index is 6.21. The molecular weight excluding hydrogens is 366 g/mol. The molecule has 0 saturated carbocycles. The highest BCUT2D eigenvalue weighted by molar-refractivity contribution is 6.30. The Hall–Kier alpha value is -2.36. The summed E-state index contributed by atoms with van der Waals surface area (Å²) in [5.74, 6) is 0. The molecule has 1 aliphatic carbocycles. The van der Waals surface area contributed by atoms with Crippen molar-refractivity contribution in [1.82, 2.24) is 4.98 Å². The number of halogens is 1. The van der Waals surface area contributed by atoms with Crippen LogP contribution in [0.2, 0.25) is 5.02 Å². The van der Waals surface area contributed by atoms with E-state index in [1.165, 1.54) is 28.2 Å². The van der Waals surface area contributed by atoms with E-state index in [9.17, 15) is 0 Å². The lowest BCUT2D eigenvalue weighted by Gasteiger charge is -2.24. The van der Waals surface area contributed by atoms with Crippen molar-refractivity contribution in [2.24, 2.45) is 5.73 Å². The molecule has 0 fully saturated rings. The highest BCUT2D eigenvalue weighted by Gasteiger charge is 2.21. The molecule has 144 valence electrons. The number of nitrogens with two attached hydrogens (primary N) is 1. The van der Waals surface area contributed by atoms with Crippen molar-refractivity contribution in [3.05, 3.63) is 76.4 Å². The minimum Gasteiger partial charge on any atom is -0.344 e. The topological polar surface area (TPSA) is 42.1 Å². The lowest BCUT2D eigenvalue weighted by molar-refractivity contribution is 0.738. The van der Waals surface area contributed by atoms with Crippen LogP contribution < -0.4 is 10.6 Å². The van der Waals surface area contributed by atoms with E-state index < -0.39 is 0 Å². The van der Waals surface area contributed by atoms with Crippen LogP contribution in [0.4, 0.5) is 11.4 Å². The van der Waals surface area contributed by atoms with Crippen molar-refractivity contribution < 1.29 is 0 Å². The van der Waals surface area contributed by atoms with Gasteiger partial charge in [0.2, 0.25) is 0 Å². The van der Waals surface area contributed by atoms with E-state index in [2.05, 4.69) is 48.3 Å². The Morgan fingerprint density at radius 3 is 2.61 bits per heavy atom. The zero-order valence-electron chi connectivity index (χ0n) is 16.5. The Balaban J connectivity index is 1.72. The first kappa shape index (κ1) is 19.0. The van der Waals surface area contributed by atoms with Crippen molar-refractivity contribution in [1.29, 1.82) is 0 Å². The number of pyridine rings is 1. The molecular formula is C24H26ClN3. The van der Waals surface area contributed by atoms with E-state index in [-0.39, 0.29) is 6.04 Å². The molecule has 1 atom stereocenters. The number of nitrogens with zero attached hydrogens (tertiary/aromatic N) is 2. The Bertz CT molecular complexity index is 980. The largest absolute Gasteiger partial charge is 0.344 e. The fourth-order valence-corrected chi connectivity index (χ4v) is 4.17. The van der Waals surface area contributed by atoms with Crippen molar-refractivity contribution in [3.63, 3.8) is 0 Å². The highest BCUT2D eigenvalue weighted by Crippen LogP contribution is 2.37. The van der Waals surface area contributed by atoms with Gasteiger partial charge in [-0.25, -0.2) is 0 Å². The van der Waals surface area contributed by atoms with Gasteiger partial charge in [0.1, 0.15) is 0 Å². The molecule has 4 rings (SSSR count). The van der Waals surface area contributed by atoms with E-state index in [1.807, 2.05) is 25.1 Å². The first-order valence-corrected chi connectivity index (χ1v) is 10.3. The smallest absolute Gasteiger partial charge is 0.0726 e. The molecule has 1 aliphatic rings. The molecule has 3 aromatic rings. The van der Waals surface area contributed by atoms with Gasteiger partial charge in [-0.3, -0.25) is 4.98 Å². The minimum absolute atomic E-state index is 0.173. The molecule has 2 aromatic carbocycles. The lowest BCUT2D eigenvalue weighted by atomic mass is 10.0. The van der Waals surface area contributed by atoms with Crippen LogP contribution in [0.3, 0.4) is 0 Å². The SMILES string of the molecule is CC(N)Cc1ccc(N(C)c2cc(-c3cccc(Cl)c3)nc3c2CCC3)cc1. The summed E-state index contributed by atoms with van der Waals surface area (Å²) >= 11 is 6.21. The third-order valence-electron chi connectivity index (χ3n) is 5.39. The fourth-order valence-electron chi connectivity index (χ4n) is 3.98. The summed E-state index contributed by atoms with van der Waals surface area (Å²) in [5, 5.41) is 0.736. The zero-order chi connectivity index (χ0) is 19.7. The molecule has 0 radical (unpaired) electrons. The van der Waals surface area contributed by atoms with Crippen LogP contribution in [-0.4, -0.2) is 18.1 Å². The summed E-state index contributed by atoms with van der Waals surface area (Å²) in [5.41, 5.74) is 14.2. The number of rotatable bonds is 5. The molecule has 4 heteroatoms. The van der Waals surface area contributed by atoms with E-state index >= 15 is 0 Å². The second kappa shape index (κ2) is 7.94. The quantitative estimate of drug-likeness (QED) is 0.620. The number of hydrogen-bond acceptors (Lipinski definition) is 3. The lowest BCUT2D eigenvalue weighted by Crippen LogP contribution is -2.18. The van der Waals surface area contributed by atoms with Crippen LogP contribution in [0.25, 0.3) is 11.3 Å². The molecule has 0 aliphatic heterocycles. The predicted molar refractivity (Wildman–Crippen MR) is 119 cm³/mol. The maximum absolute atomic E-state index is 6.21.